The average Bonchev–Trinajstić information content (AvgIpc) is 2.76. The predicted octanol–water partition coefficient (Wildman–Crippen LogP) is 0.175. The molecule has 2 rings (SSSR count). The van der Waals surface area contributed by atoms with Crippen molar-refractivity contribution in [2.75, 3.05) is 26.7 Å². The van der Waals surface area contributed by atoms with Crippen LogP contribution in [0.2, 0.25) is 0 Å². The van der Waals surface area contributed by atoms with E-state index in [0.29, 0.717) is 13.0 Å². The second-order valence-electron chi connectivity index (χ2n) is 8.60. The minimum absolute atomic E-state index is 0.111. The van der Waals surface area contributed by atoms with Crippen molar-refractivity contribution in [3.63, 3.8) is 0 Å². The summed E-state index contributed by atoms with van der Waals surface area (Å²) in [6.07, 6.45) is -0.444. The van der Waals surface area contributed by atoms with Gasteiger partial charge in [-0.15, -0.1) is 0 Å². The number of piperidine rings is 1. The van der Waals surface area contributed by atoms with E-state index in [1.165, 1.54) is 12.5 Å². The summed E-state index contributed by atoms with van der Waals surface area (Å²) in [5.41, 5.74) is 1.17. The molecule has 1 aliphatic heterocycles. The fourth-order valence-electron chi connectivity index (χ4n) is 3.89. The Morgan fingerprint density at radius 1 is 1.10 bits per heavy atom. The van der Waals surface area contributed by atoms with Crippen LogP contribution in [0.15, 0.2) is 30.3 Å². The van der Waals surface area contributed by atoms with Crippen LogP contribution in [0.1, 0.15) is 38.7 Å². The molecule has 8 nitrogen and oxygen atoms in total. The number of aliphatic hydroxyl groups is 1. The van der Waals surface area contributed by atoms with E-state index in [2.05, 4.69) is 21.3 Å². The maximum Gasteiger partial charge on any atom is 0.245 e. The molecule has 2 amide bonds. The first-order chi connectivity index (χ1) is 14.7. The van der Waals surface area contributed by atoms with E-state index in [1.54, 1.807) is 20.9 Å². The summed E-state index contributed by atoms with van der Waals surface area (Å²) in [6.45, 7) is 6.56. The van der Waals surface area contributed by atoms with Crippen LogP contribution < -0.4 is 21.3 Å². The number of hydrogen-bond acceptors (Lipinski definition) is 6. The SMILES string of the molecule is CNC[C@H](NC(=O)[C@@H](NC(=O)[C@@H]1CNC[C@H](c2ccccc2)C1)[C@H](C)O)C(=O)C(C)C. The number of Topliss-reactive ketones (excluding diaryl/α,β-unsaturated/α-hetero) is 1. The molecule has 5 atom stereocenters. The molecular formula is C23H36N4O4. The fraction of sp³-hybridized carbons (Fsp3) is 0.609. The van der Waals surface area contributed by atoms with Crippen LogP contribution in [-0.2, 0) is 14.4 Å². The molecule has 0 aliphatic carbocycles. The summed E-state index contributed by atoms with van der Waals surface area (Å²) < 4.78 is 0. The Labute approximate surface area is 184 Å². The number of carbonyl (C=O) groups excluding carboxylic acids is 3. The maximum absolute atomic E-state index is 12.9. The lowest BCUT2D eigenvalue weighted by Crippen LogP contribution is -2.59. The van der Waals surface area contributed by atoms with Crippen molar-refractivity contribution in [2.24, 2.45) is 11.8 Å². The smallest absolute Gasteiger partial charge is 0.245 e. The molecule has 0 saturated carbocycles. The molecule has 0 unspecified atom stereocenters. The van der Waals surface area contributed by atoms with Gasteiger partial charge in [0.1, 0.15) is 12.1 Å². The number of hydrogen-bond donors (Lipinski definition) is 5. The third-order valence-electron chi connectivity index (χ3n) is 5.69. The first-order valence-electron chi connectivity index (χ1n) is 11.0. The normalized spacial score (nSPS) is 21.7. The number of ketones is 1. The number of likely N-dealkylation sites (N-methyl/N-ethyl adjacent to an activating group) is 1. The Balaban J connectivity index is 2.03. The van der Waals surface area contributed by atoms with E-state index in [4.69, 9.17) is 0 Å². The lowest BCUT2D eigenvalue weighted by Gasteiger charge is -2.31. The van der Waals surface area contributed by atoms with Gasteiger partial charge in [-0.2, -0.15) is 0 Å². The van der Waals surface area contributed by atoms with Crippen LogP contribution in [0, 0.1) is 11.8 Å². The standard InChI is InChI=1S/C23H36N4O4/c1-14(2)21(29)19(13-24-4)26-23(31)20(15(3)28)27-22(30)18-10-17(11-25-12-18)16-8-6-5-7-9-16/h5-9,14-15,17-20,24-25,28H,10-13H2,1-4H3,(H,26,31)(H,27,30)/t15-,17+,18-,19-,20-/m0/s1. The molecule has 1 saturated heterocycles. The molecule has 1 aromatic rings. The minimum atomic E-state index is -1.14. The monoisotopic (exact) mass is 432 g/mol. The number of aliphatic hydroxyl groups excluding tert-OH is 1. The molecule has 172 valence electrons. The van der Waals surface area contributed by atoms with Gasteiger partial charge in [0, 0.05) is 25.6 Å². The first-order valence-corrected chi connectivity index (χ1v) is 11.0. The zero-order valence-corrected chi connectivity index (χ0v) is 18.9. The van der Waals surface area contributed by atoms with Crippen LogP contribution in [0.5, 0.6) is 0 Å². The van der Waals surface area contributed by atoms with Crippen molar-refractivity contribution in [1.82, 2.24) is 21.3 Å². The third-order valence-corrected chi connectivity index (χ3v) is 5.69. The summed E-state index contributed by atoms with van der Waals surface area (Å²) in [5, 5.41) is 21.7. The van der Waals surface area contributed by atoms with Gasteiger partial charge in [-0.3, -0.25) is 14.4 Å². The summed E-state index contributed by atoms with van der Waals surface area (Å²) in [6, 6.07) is 8.15. The number of benzene rings is 1. The van der Waals surface area contributed by atoms with E-state index in [9.17, 15) is 19.5 Å². The van der Waals surface area contributed by atoms with Gasteiger partial charge < -0.3 is 26.4 Å². The molecule has 1 aliphatic rings. The van der Waals surface area contributed by atoms with Gasteiger partial charge in [0.05, 0.1) is 12.0 Å². The number of nitrogens with one attached hydrogen (secondary N) is 4. The van der Waals surface area contributed by atoms with E-state index in [1.807, 2.05) is 30.3 Å². The highest BCUT2D eigenvalue weighted by molar-refractivity contribution is 5.94. The summed E-state index contributed by atoms with van der Waals surface area (Å²) in [7, 11) is 1.69. The minimum Gasteiger partial charge on any atom is -0.391 e. The van der Waals surface area contributed by atoms with Gasteiger partial charge in [-0.05, 0) is 31.9 Å². The highest BCUT2D eigenvalue weighted by Crippen LogP contribution is 2.26. The highest BCUT2D eigenvalue weighted by atomic mass is 16.3. The highest BCUT2D eigenvalue weighted by Gasteiger charge is 2.34. The van der Waals surface area contributed by atoms with Crippen molar-refractivity contribution in [3.05, 3.63) is 35.9 Å². The largest absolute Gasteiger partial charge is 0.391 e. The van der Waals surface area contributed by atoms with E-state index >= 15 is 0 Å². The Bertz CT molecular complexity index is 738. The van der Waals surface area contributed by atoms with Gasteiger partial charge >= 0.3 is 0 Å². The van der Waals surface area contributed by atoms with E-state index in [0.717, 1.165) is 6.54 Å². The quantitative estimate of drug-likeness (QED) is 0.360. The number of amides is 2. The van der Waals surface area contributed by atoms with Gasteiger partial charge in [0.15, 0.2) is 5.78 Å². The van der Waals surface area contributed by atoms with Crippen molar-refractivity contribution < 1.29 is 19.5 Å². The summed E-state index contributed by atoms with van der Waals surface area (Å²) >= 11 is 0. The lowest BCUT2D eigenvalue weighted by atomic mass is 9.85. The molecule has 1 aromatic carbocycles. The third kappa shape index (κ3) is 7.12. The van der Waals surface area contributed by atoms with Crippen molar-refractivity contribution in [3.8, 4) is 0 Å². The molecule has 1 heterocycles. The zero-order chi connectivity index (χ0) is 23.0. The summed E-state index contributed by atoms with van der Waals surface area (Å²) in [5.74, 6) is -1.33. The average molecular weight is 433 g/mol. The van der Waals surface area contributed by atoms with Crippen LogP contribution in [0.25, 0.3) is 0 Å². The topological polar surface area (TPSA) is 120 Å². The molecule has 31 heavy (non-hydrogen) atoms. The molecule has 0 spiro atoms. The zero-order valence-electron chi connectivity index (χ0n) is 18.9. The molecular weight excluding hydrogens is 396 g/mol. The molecule has 0 aromatic heterocycles. The Hall–Kier alpha value is -2.29. The number of rotatable bonds is 10. The van der Waals surface area contributed by atoms with Gasteiger partial charge in [0.25, 0.3) is 0 Å². The Kier molecular flexibility index (Phi) is 9.61. The van der Waals surface area contributed by atoms with Crippen molar-refractivity contribution in [1.29, 1.82) is 0 Å². The van der Waals surface area contributed by atoms with Crippen LogP contribution in [0.4, 0.5) is 0 Å². The molecule has 0 bridgehead atoms. The van der Waals surface area contributed by atoms with E-state index < -0.39 is 24.1 Å². The molecule has 5 N–H and O–H groups in total. The lowest BCUT2D eigenvalue weighted by molar-refractivity contribution is -0.135. The van der Waals surface area contributed by atoms with Crippen LogP contribution in [-0.4, -0.2) is 67.6 Å². The maximum atomic E-state index is 12.9. The predicted molar refractivity (Wildman–Crippen MR) is 119 cm³/mol. The van der Waals surface area contributed by atoms with Gasteiger partial charge in [-0.25, -0.2) is 0 Å². The van der Waals surface area contributed by atoms with Gasteiger partial charge in [-0.1, -0.05) is 44.2 Å². The van der Waals surface area contributed by atoms with E-state index in [-0.39, 0.29) is 36.0 Å². The second kappa shape index (κ2) is 11.9. The fourth-order valence-corrected chi connectivity index (χ4v) is 3.89. The first kappa shape index (κ1) is 25.0. The van der Waals surface area contributed by atoms with Gasteiger partial charge in [0.2, 0.25) is 11.8 Å². The van der Waals surface area contributed by atoms with Crippen molar-refractivity contribution >= 4 is 17.6 Å². The Morgan fingerprint density at radius 2 is 1.77 bits per heavy atom. The second-order valence-corrected chi connectivity index (χ2v) is 8.60. The molecule has 8 heteroatoms. The molecule has 0 radical (unpaired) electrons. The summed E-state index contributed by atoms with van der Waals surface area (Å²) in [4.78, 5) is 38.1. The van der Waals surface area contributed by atoms with Crippen LogP contribution >= 0.6 is 0 Å². The number of carbonyl (C=O) groups is 3. The Morgan fingerprint density at radius 3 is 2.35 bits per heavy atom. The van der Waals surface area contributed by atoms with Crippen molar-refractivity contribution in [2.45, 2.75) is 51.3 Å². The molecule has 1 fully saturated rings. The van der Waals surface area contributed by atoms with Crippen LogP contribution in [0.3, 0.4) is 0 Å².